The fraction of sp³-hybridized carbons (Fsp3) is 0.250. The highest BCUT2D eigenvalue weighted by Gasteiger charge is 2.05. The van der Waals surface area contributed by atoms with Gasteiger partial charge >= 0.3 is 0 Å². The Morgan fingerprint density at radius 3 is 2.82 bits per heavy atom. The monoisotopic (exact) mass is 249 g/mol. The second-order valence-corrected chi connectivity index (χ2v) is 3.86. The summed E-state index contributed by atoms with van der Waals surface area (Å²) in [7, 11) is 0. The zero-order valence-corrected chi connectivity index (χ0v) is 10.4. The maximum atomic E-state index is 5.71. The van der Waals surface area contributed by atoms with Crippen molar-refractivity contribution in [1.82, 2.24) is 15.2 Å². The van der Waals surface area contributed by atoms with Gasteiger partial charge in [0.05, 0.1) is 18.5 Å². The Bertz CT molecular complexity index is 531. The normalized spacial score (nSPS) is 10.3. The molecule has 0 bridgehead atoms. The van der Waals surface area contributed by atoms with E-state index in [1.165, 1.54) is 0 Å². The van der Waals surface area contributed by atoms with Gasteiger partial charge < -0.3 is 4.74 Å². The van der Waals surface area contributed by atoms with E-state index in [0.717, 1.165) is 16.9 Å². The number of ether oxygens (including phenoxy) is 1. The highest BCUT2D eigenvalue weighted by atomic mass is 35.5. The second-order valence-electron chi connectivity index (χ2n) is 3.52. The van der Waals surface area contributed by atoms with Crippen LogP contribution in [0.1, 0.15) is 12.5 Å². The standard InChI is InChI=1S/C12H12ClN3O/c1-3-17-11-5-4-9(6-8(11)2)10-7-14-16-12(13)15-10/h4-7H,3H2,1-2H3. The van der Waals surface area contributed by atoms with E-state index < -0.39 is 0 Å². The van der Waals surface area contributed by atoms with Crippen LogP contribution in [0, 0.1) is 6.92 Å². The van der Waals surface area contributed by atoms with Gasteiger partial charge in [0.25, 0.3) is 0 Å². The van der Waals surface area contributed by atoms with E-state index in [9.17, 15) is 0 Å². The van der Waals surface area contributed by atoms with Crippen LogP contribution in [0.2, 0.25) is 5.28 Å². The Morgan fingerprint density at radius 1 is 1.35 bits per heavy atom. The number of halogens is 1. The molecule has 17 heavy (non-hydrogen) atoms. The fourth-order valence-electron chi connectivity index (χ4n) is 1.55. The van der Waals surface area contributed by atoms with Gasteiger partial charge in [0.1, 0.15) is 5.75 Å². The molecule has 0 radical (unpaired) electrons. The lowest BCUT2D eigenvalue weighted by molar-refractivity contribution is 0.338. The van der Waals surface area contributed by atoms with E-state index >= 15 is 0 Å². The van der Waals surface area contributed by atoms with Gasteiger partial charge in [-0.1, -0.05) is 0 Å². The van der Waals surface area contributed by atoms with Gasteiger partial charge in [-0.2, -0.15) is 5.10 Å². The van der Waals surface area contributed by atoms with E-state index in [-0.39, 0.29) is 5.28 Å². The van der Waals surface area contributed by atoms with E-state index in [0.29, 0.717) is 12.3 Å². The molecule has 0 unspecified atom stereocenters. The smallest absolute Gasteiger partial charge is 0.243 e. The minimum atomic E-state index is 0.147. The number of rotatable bonds is 3. The molecule has 1 heterocycles. The summed E-state index contributed by atoms with van der Waals surface area (Å²) in [6.45, 7) is 4.60. The number of nitrogens with zero attached hydrogens (tertiary/aromatic N) is 3. The van der Waals surface area contributed by atoms with Crippen molar-refractivity contribution in [2.45, 2.75) is 13.8 Å². The van der Waals surface area contributed by atoms with E-state index in [4.69, 9.17) is 16.3 Å². The molecule has 0 saturated carbocycles. The summed E-state index contributed by atoms with van der Waals surface area (Å²) in [4.78, 5) is 4.11. The molecule has 0 aliphatic rings. The van der Waals surface area contributed by atoms with Crippen molar-refractivity contribution < 1.29 is 4.74 Å². The Hall–Kier alpha value is -1.68. The highest BCUT2D eigenvalue weighted by Crippen LogP contribution is 2.24. The Labute approximate surface area is 105 Å². The molecule has 1 aromatic heterocycles. The zero-order chi connectivity index (χ0) is 12.3. The van der Waals surface area contributed by atoms with Crippen LogP contribution in [0.5, 0.6) is 5.75 Å². The number of hydrogen-bond acceptors (Lipinski definition) is 4. The zero-order valence-electron chi connectivity index (χ0n) is 9.64. The van der Waals surface area contributed by atoms with Gasteiger partial charge in [0, 0.05) is 5.56 Å². The van der Waals surface area contributed by atoms with Gasteiger partial charge in [-0.05, 0) is 49.2 Å². The third-order valence-electron chi connectivity index (χ3n) is 2.30. The van der Waals surface area contributed by atoms with Crippen LogP contribution in [0.3, 0.4) is 0 Å². The minimum absolute atomic E-state index is 0.147. The molecule has 0 atom stereocenters. The Morgan fingerprint density at radius 2 is 2.18 bits per heavy atom. The van der Waals surface area contributed by atoms with Crippen LogP contribution in [-0.2, 0) is 0 Å². The Balaban J connectivity index is 2.37. The van der Waals surface area contributed by atoms with Crippen LogP contribution in [0.25, 0.3) is 11.3 Å². The van der Waals surface area contributed by atoms with Gasteiger partial charge in [-0.3, -0.25) is 0 Å². The summed E-state index contributed by atoms with van der Waals surface area (Å²) in [6.07, 6.45) is 1.58. The molecule has 0 spiro atoms. The van der Waals surface area contributed by atoms with Crippen LogP contribution < -0.4 is 4.74 Å². The van der Waals surface area contributed by atoms with Crippen molar-refractivity contribution in [3.63, 3.8) is 0 Å². The number of aromatic nitrogens is 3. The summed E-state index contributed by atoms with van der Waals surface area (Å²) in [5, 5.41) is 7.53. The van der Waals surface area contributed by atoms with Crippen molar-refractivity contribution in [3.05, 3.63) is 35.2 Å². The molecule has 0 N–H and O–H groups in total. The topological polar surface area (TPSA) is 47.9 Å². The first-order valence-corrected chi connectivity index (χ1v) is 5.67. The predicted molar refractivity (Wildman–Crippen MR) is 66.2 cm³/mol. The van der Waals surface area contributed by atoms with Gasteiger partial charge in [0.2, 0.25) is 5.28 Å². The second kappa shape index (κ2) is 5.10. The van der Waals surface area contributed by atoms with E-state index in [2.05, 4.69) is 15.2 Å². The molecule has 0 aliphatic heterocycles. The van der Waals surface area contributed by atoms with Crippen LogP contribution in [0.15, 0.2) is 24.4 Å². The third kappa shape index (κ3) is 2.71. The molecule has 2 rings (SSSR count). The largest absolute Gasteiger partial charge is 0.494 e. The summed E-state index contributed by atoms with van der Waals surface area (Å²) in [6, 6.07) is 5.84. The molecule has 0 aliphatic carbocycles. The lowest BCUT2D eigenvalue weighted by Crippen LogP contribution is -1.95. The maximum Gasteiger partial charge on any atom is 0.243 e. The Kier molecular flexibility index (Phi) is 3.54. The van der Waals surface area contributed by atoms with Crippen molar-refractivity contribution in [2.75, 3.05) is 6.61 Å². The van der Waals surface area contributed by atoms with E-state index in [1.54, 1.807) is 6.20 Å². The SMILES string of the molecule is CCOc1ccc(-c2cnnc(Cl)n2)cc1C. The summed E-state index contributed by atoms with van der Waals surface area (Å²) >= 11 is 5.71. The molecule has 0 amide bonds. The minimum Gasteiger partial charge on any atom is -0.494 e. The lowest BCUT2D eigenvalue weighted by atomic mass is 10.1. The van der Waals surface area contributed by atoms with Gasteiger partial charge in [0.15, 0.2) is 0 Å². The van der Waals surface area contributed by atoms with Crippen molar-refractivity contribution in [3.8, 4) is 17.0 Å². The average molecular weight is 250 g/mol. The van der Waals surface area contributed by atoms with Gasteiger partial charge in [-0.25, -0.2) is 4.98 Å². The van der Waals surface area contributed by atoms with Crippen LogP contribution >= 0.6 is 11.6 Å². The molecule has 5 heteroatoms. The molecular formula is C12H12ClN3O. The maximum absolute atomic E-state index is 5.71. The first-order chi connectivity index (χ1) is 8.20. The van der Waals surface area contributed by atoms with Crippen LogP contribution in [-0.4, -0.2) is 21.8 Å². The molecule has 4 nitrogen and oxygen atoms in total. The first kappa shape index (κ1) is 11.8. The lowest BCUT2D eigenvalue weighted by Gasteiger charge is -2.08. The van der Waals surface area contributed by atoms with Crippen molar-refractivity contribution >= 4 is 11.6 Å². The molecule has 0 fully saturated rings. The summed E-state index contributed by atoms with van der Waals surface area (Å²) < 4.78 is 5.48. The molecule has 88 valence electrons. The molecule has 1 aromatic carbocycles. The molecule has 2 aromatic rings. The average Bonchev–Trinajstić information content (AvgIpc) is 2.32. The van der Waals surface area contributed by atoms with Crippen LogP contribution in [0.4, 0.5) is 0 Å². The third-order valence-corrected chi connectivity index (χ3v) is 2.46. The highest BCUT2D eigenvalue weighted by molar-refractivity contribution is 6.28. The number of hydrogen-bond donors (Lipinski definition) is 0. The van der Waals surface area contributed by atoms with E-state index in [1.807, 2.05) is 32.0 Å². The number of benzene rings is 1. The first-order valence-electron chi connectivity index (χ1n) is 5.29. The summed E-state index contributed by atoms with van der Waals surface area (Å²) in [5.41, 5.74) is 2.71. The number of aryl methyl sites for hydroxylation is 1. The predicted octanol–water partition coefficient (Wildman–Crippen LogP) is 2.90. The fourth-order valence-corrected chi connectivity index (χ4v) is 1.68. The van der Waals surface area contributed by atoms with Gasteiger partial charge in [-0.15, -0.1) is 5.10 Å². The van der Waals surface area contributed by atoms with Crippen molar-refractivity contribution in [1.29, 1.82) is 0 Å². The molecular weight excluding hydrogens is 238 g/mol. The quantitative estimate of drug-likeness (QED) is 0.839. The molecule has 0 saturated heterocycles. The summed E-state index contributed by atoms with van der Waals surface area (Å²) in [5.74, 6) is 0.879. The van der Waals surface area contributed by atoms with Crippen molar-refractivity contribution in [2.24, 2.45) is 0 Å².